The van der Waals surface area contributed by atoms with Crippen molar-refractivity contribution in [2.75, 3.05) is 13.1 Å². The number of benzene rings is 1. The first-order valence-electron chi connectivity index (χ1n) is 7.33. The van der Waals surface area contributed by atoms with Gasteiger partial charge in [-0.05, 0) is 39.0 Å². The minimum Gasteiger partial charge on any atom is -0.488 e. The van der Waals surface area contributed by atoms with Crippen molar-refractivity contribution >= 4 is 23.7 Å². The minimum atomic E-state index is -1.11. The molecule has 0 aromatic heterocycles. The molecule has 0 saturated carbocycles. The largest absolute Gasteiger partial charge is 0.488 e. The minimum absolute atomic E-state index is 0.00818. The quantitative estimate of drug-likeness (QED) is 0.911. The zero-order chi connectivity index (χ0) is 17.2. The molecule has 1 heterocycles. The Balaban J connectivity index is 1.97. The molecule has 0 bridgehead atoms. The van der Waals surface area contributed by atoms with E-state index in [0.29, 0.717) is 25.3 Å². The number of hydrogen-bond donors (Lipinski definition) is 1. The number of carbonyl (C=O) groups excluding carboxylic acids is 1. The predicted molar refractivity (Wildman–Crippen MR) is 85.3 cm³/mol. The summed E-state index contributed by atoms with van der Waals surface area (Å²) in [6.45, 7) is 6.39. The van der Waals surface area contributed by atoms with E-state index in [4.69, 9.17) is 26.2 Å². The molecule has 1 N–H and O–H groups in total. The van der Waals surface area contributed by atoms with Crippen LogP contribution in [0, 0.1) is 0 Å². The van der Waals surface area contributed by atoms with Gasteiger partial charge >= 0.3 is 12.1 Å². The molecule has 0 aliphatic carbocycles. The van der Waals surface area contributed by atoms with Gasteiger partial charge in [-0.2, -0.15) is 0 Å². The van der Waals surface area contributed by atoms with Gasteiger partial charge in [-0.3, -0.25) is 0 Å². The smallest absolute Gasteiger partial charge is 0.410 e. The van der Waals surface area contributed by atoms with E-state index in [9.17, 15) is 9.59 Å². The van der Waals surface area contributed by atoms with Gasteiger partial charge in [0.25, 0.3) is 0 Å². The highest BCUT2D eigenvalue weighted by Gasteiger charge is 2.31. The Labute approximate surface area is 139 Å². The first-order chi connectivity index (χ1) is 10.7. The van der Waals surface area contributed by atoms with Crippen LogP contribution in [-0.2, 0) is 4.74 Å². The van der Waals surface area contributed by atoms with Gasteiger partial charge in [0.2, 0.25) is 0 Å². The summed E-state index contributed by atoms with van der Waals surface area (Å²) in [6.07, 6.45) is 0.0841. The van der Waals surface area contributed by atoms with Gasteiger partial charge in [0.05, 0.1) is 17.1 Å². The first-order valence-corrected chi connectivity index (χ1v) is 7.71. The molecule has 2 rings (SSSR count). The lowest BCUT2D eigenvalue weighted by molar-refractivity contribution is 0.0275. The van der Waals surface area contributed by atoms with E-state index in [1.807, 2.05) is 20.8 Å². The first kappa shape index (κ1) is 17.4. The van der Waals surface area contributed by atoms with Crippen LogP contribution in [-0.4, -0.2) is 46.9 Å². The molecule has 23 heavy (non-hydrogen) atoms. The standard InChI is InChI=1S/C16H20ClNO5/c1-16(2,3)23-15(21)18-7-6-11(9-18)22-10-4-5-13(17)12(8-10)14(19)20/h4-5,8,11H,6-7,9H2,1-3H3,(H,19,20). The summed E-state index contributed by atoms with van der Waals surface area (Å²) >= 11 is 5.83. The average Bonchev–Trinajstić information content (AvgIpc) is 2.87. The number of amides is 1. The third kappa shape index (κ3) is 4.76. The molecule has 6 nitrogen and oxygen atoms in total. The molecular formula is C16H20ClNO5. The van der Waals surface area contributed by atoms with Gasteiger partial charge in [0.1, 0.15) is 17.5 Å². The molecule has 1 aliphatic heterocycles. The summed E-state index contributed by atoms with van der Waals surface area (Å²) in [5.41, 5.74) is -0.547. The lowest BCUT2D eigenvalue weighted by Crippen LogP contribution is -2.36. The van der Waals surface area contributed by atoms with E-state index >= 15 is 0 Å². The molecule has 1 atom stereocenters. The van der Waals surface area contributed by atoms with Gasteiger partial charge < -0.3 is 19.5 Å². The van der Waals surface area contributed by atoms with Crippen LogP contribution >= 0.6 is 11.6 Å². The monoisotopic (exact) mass is 341 g/mol. The molecule has 126 valence electrons. The van der Waals surface area contributed by atoms with Crippen molar-refractivity contribution in [3.8, 4) is 5.75 Å². The predicted octanol–water partition coefficient (Wildman–Crippen LogP) is 3.43. The van der Waals surface area contributed by atoms with Crippen LogP contribution in [0.15, 0.2) is 18.2 Å². The Morgan fingerprint density at radius 3 is 2.65 bits per heavy atom. The Morgan fingerprint density at radius 1 is 1.35 bits per heavy atom. The number of ether oxygens (including phenoxy) is 2. The topological polar surface area (TPSA) is 76.1 Å². The molecule has 1 aromatic carbocycles. The van der Waals surface area contributed by atoms with E-state index in [0.717, 1.165) is 0 Å². The van der Waals surface area contributed by atoms with Crippen LogP contribution in [0.3, 0.4) is 0 Å². The van der Waals surface area contributed by atoms with Crippen LogP contribution in [0.25, 0.3) is 0 Å². The van der Waals surface area contributed by atoms with Crippen LogP contribution in [0.1, 0.15) is 37.6 Å². The Morgan fingerprint density at radius 2 is 2.04 bits per heavy atom. The Bertz CT molecular complexity index is 611. The molecule has 7 heteroatoms. The molecule has 1 amide bonds. The number of carbonyl (C=O) groups is 2. The highest BCUT2D eigenvalue weighted by Crippen LogP contribution is 2.25. The molecule has 1 fully saturated rings. The van der Waals surface area contributed by atoms with E-state index in [1.165, 1.54) is 12.1 Å². The number of likely N-dealkylation sites (tertiary alicyclic amines) is 1. The summed E-state index contributed by atoms with van der Waals surface area (Å²) < 4.78 is 11.1. The van der Waals surface area contributed by atoms with Crippen molar-refractivity contribution < 1.29 is 24.2 Å². The lowest BCUT2D eigenvalue weighted by Gasteiger charge is -2.24. The second-order valence-corrected chi connectivity index (χ2v) is 6.81. The number of rotatable bonds is 3. The number of carboxylic acid groups (broad SMARTS) is 1. The molecule has 0 radical (unpaired) electrons. The highest BCUT2D eigenvalue weighted by molar-refractivity contribution is 6.33. The number of carboxylic acids is 1. The maximum atomic E-state index is 12.0. The van der Waals surface area contributed by atoms with Gasteiger partial charge in [0, 0.05) is 13.0 Å². The Kier molecular flexibility index (Phi) is 5.04. The maximum Gasteiger partial charge on any atom is 0.410 e. The second-order valence-electron chi connectivity index (χ2n) is 6.40. The van der Waals surface area contributed by atoms with E-state index in [1.54, 1.807) is 11.0 Å². The van der Waals surface area contributed by atoms with Crippen molar-refractivity contribution in [2.45, 2.75) is 38.9 Å². The summed E-state index contributed by atoms with van der Waals surface area (Å²) in [5, 5.41) is 9.22. The van der Waals surface area contributed by atoms with Gasteiger partial charge in [0.15, 0.2) is 0 Å². The fraction of sp³-hybridized carbons (Fsp3) is 0.500. The summed E-state index contributed by atoms with van der Waals surface area (Å²) in [6, 6.07) is 4.49. The molecule has 1 saturated heterocycles. The van der Waals surface area contributed by atoms with Crippen LogP contribution < -0.4 is 4.74 Å². The Hall–Kier alpha value is -1.95. The highest BCUT2D eigenvalue weighted by atomic mass is 35.5. The third-order valence-electron chi connectivity index (χ3n) is 3.27. The zero-order valence-electron chi connectivity index (χ0n) is 13.3. The van der Waals surface area contributed by atoms with Gasteiger partial charge in [-0.15, -0.1) is 0 Å². The van der Waals surface area contributed by atoms with E-state index in [2.05, 4.69) is 0 Å². The summed E-state index contributed by atoms with van der Waals surface area (Å²) in [5.74, 6) is -0.690. The molecule has 1 unspecified atom stereocenters. The fourth-order valence-corrected chi connectivity index (χ4v) is 2.45. The molecule has 1 aliphatic rings. The van der Waals surface area contributed by atoms with Crippen molar-refractivity contribution in [2.24, 2.45) is 0 Å². The fourth-order valence-electron chi connectivity index (χ4n) is 2.25. The molecular weight excluding hydrogens is 322 g/mol. The normalized spacial score (nSPS) is 17.9. The van der Waals surface area contributed by atoms with Gasteiger partial charge in [-0.1, -0.05) is 11.6 Å². The second kappa shape index (κ2) is 6.66. The molecule has 1 aromatic rings. The lowest BCUT2D eigenvalue weighted by atomic mass is 10.2. The van der Waals surface area contributed by atoms with Crippen LogP contribution in [0.2, 0.25) is 5.02 Å². The maximum absolute atomic E-state index is 12.0. The SMILES string of the molecule is CC(C)(C)OC(=O)N1CCC(Oc2ccc(Cl)c(C(=O)O)c2)C1. The van der Waals surface area contributed by atoms with Crippen molar-refractivity contribution in [3.05, 3.63) is 28.8 Å². The number of hydrogen-bond acceptors (Lipinski definition) is 4. The average molecular weight is 342 g/mol. The van der Waals surface area contributed by atoms with Crippen molar-refractivity contribution in [1.29, 1.82) is 0 Å². The third-order valence-corrected chi connectivity index (χ3v) is 3.60. The van der Waals surface area contributed by atoms with Crippen molar-refractivity contribution in [3.63, 3.8) is 0 Å². The number of aromatic carboxylic acids is 1. The zero-order valence-corrected chi connectivity index (χ0v) is 14.1. The summed E-state index contributed by atoms with van der Waals surface area (Å²) in [7, 11) is 0. The number of halogens is 1. The van der Waals surface area contributed by atoms with Gasteiger partial charge in [-0.25, -0.2) is 9.59 Å². The van der Waals surface area contributed by atoms with Crippen molar-refractivity contribution in [1.82, 2.24) is 4.90 Å². The summed E-state index contributed by atoms with van der Waals surface area (Å²) in [4.78, 5) is 24.7. The number of nitrogens with zero attached hydrogens (tertiary/aromatic N) is 1. The van der Waals surface area contributed by atoms with E-state index < -0.39 is 11.6 Å². The molecule has 0 spiro atoms. The van der Waals surface area contributed by atoms with E-state index in [-0.39, 0.29) is 22.8 Å². The van der Waals surface area contributed by atoms with Crippen LogP contribution in [0.5, 0.6) is 5.75 Å². The van der Waals surface area contributed by atoms with Crippen LogP contribution in [0.4, 0.5) is 4.79 Å².